The van der Waals surface area contributed by atoms with Crippen molar-refractivity contribution >= 4 is 5.97 Å². The molecule has 1 saturated carbocycles. The molecule has 0 aliphatic heterocycles. The predicted octanol–water partition coefficient (Wildman–Crippen LogP) is 4.01. The zero-order valence-corrected chi connectivity index (χ0v) is 15.7. The van der Waals surface area contributed by atoms with E-state index in [-0.39, 0.29) is 5.92 Å². The van der Waals surface area contributed by atoms with Gasteiger partial charge in [-0.1, -0.05) is 36.4 Å². The average Bonchev–Trinajstić information content (AvgIpc) is 2.72. The van der Waals surface area contributed by atoms with Gasteiger partial charge in [0.15, 0.2) is 11.5 Å². The lowest BCUT2D eigenvalue weighted by Crippen LogP contribution is -2.34. The maximum atomic E-state index is 11.0. The van der Waals surface area contributed by atoms with E-state index in [0.29, 0.717) is 12.6 Å². The average molecular weight is 369 g/mol. The topological polar surface area (TPSA) is 67.8 Å². The van der Waals surface area contributed by atoms with Crippen molar-refractivity contribution in [1.29, 1.82) is 0 Å². The summed E-state index contributed by atoms with van der Waals surface area (Å²) < 4.78 is 11.4. The van der Waals surface area contributed by atoms with Crippen molar-refractivity contribution in [3.05, 3.63) is 59.7 Å². The minimum atomic E-state index is -0.663. The Bertz CT molecular complexity index is 739. The monoisotopic (exact) mass is 369 g/mol. The van der Waals surface area contributed by atoms with Crippen LogP contribution < -0.4 is 14.8 Å². The molecular weight excluding hydrogens is 342 g/mol. The Labute approximate surface area is 160 Å². The van der Waals surface area contributed by atoms with Crippen molar-refractivity contribution in [3.63, 3.8) is 0 Å². The van der Waals surface area contributed by atoms with Crippen LogP contribution in [0.1, 0.15) is 36.8 Å². The fourth-order valence-electron chi connectivity index (χ4n) is 3.48. The first kappa shape index (κ1) is 19.2. The fourth-order valence-corrected chi connectivity index (χ4v) is 3.48. The Morgan fingerprint density at radius 2 is 1.78 bits per heavy atom. The summed E-state index contributed by atoms with van der Waals surface area (Å²) in [5.41, 5.74) is 2.24. The van der Waals surface area contributed by atoms with Crippen LogP contribution in [0.3, 0.4) is 0 Å². The van der Waals surface area contributed by atoms with Gasteiger partial charge in [0, 0.05) is 12.6 Å². The molecule has 1 fully saturated rings. The minimum absolute atomic E-state index is 0.177. The van der Waals surface area contributed by atoms with E-state index < -0.39 is 5.97 Å². The molecule has 0 radical (unpaired) electrons. The van der Waals surface area contributed by atoms with Crippen LogP contribution in [0.4, 0.5) is 0 Å². The molecule has 5 heteroatoms. The molecule has 1 aliphatic carbocycles. The number of aliphatic carboxylic acids is 1. The maximum absolute atomic E-state index is 11.0. The largest absolute Gasteiger partial charge is 0.493 e. The molecule has 2 N–H and O–H groups in total. The third kappa shape index (κ3) is 5.47. The SMILES string of the molecule is COc1cc(CNC2CCC(C(=O)O)CC2)ccc1OCc1ccccc1. The molecule has 144 valence electrons. The highest BCUT2D eigenvalue weighted by molar-refractivity contribution is 5.70. The number of benzene rings is 2. The second-order valence-corrected chi connectivity index (χ2v) is 7.03. The Morgan fingerprint density at radius 1 is 1.04 bits per heavy atom. The minimum Gasteiger partial charge on any atom is -0.493 e. The van der Waals surface area contributed by atoms with Gasteiger partial charge in [0.25, 0.3) is 0 Å². The lowest BCUT2D eigenvalue weighted by Gasteiger charge is -2.27. The molecule has 0 atom stereocenters. The number of methoxy groups -OCH3 is 1. The van der Waals surface area contributed by atoms with Crippen molar-refractivity contribution in [2.75, 3.05) is 7.11 Å². The molecule has 0 spiro atoms. The van der Waals surface area contributed by atoms with Crippen molar-refractivity contribution in [1.82, 2.24) is 5.32 Å². The maximum Gasteiger partial charge on any atom is 0.306 e. The highest BCUT2D eigenvalue weighted by atomic mass is 16.5. The first-order valence-corrected chi connectivity index (χ1v) is 9.45. The van der Waals surface area contributed by atoms with E-state index in [9.17, 15) is 4.79 Å². The van der Waals surface area contributed by atoms with E-state index in [2.05, 4.69) is 5.32 Å². The van der Waals surface area contributed by atoms with Crippen LogP contribution >= 0.6 is 0 Å². The van der Waals surface area contributed by atoms with Gasteiger partial charge in [0.2, 0.25) is 0 Å². The highest BCUT2D eigenvalue weighted by Gasteiger charge is 2.25. The standard InChI is InChI=1S/C22H27NO4/c1-26-21-13-17(14-23-19-10-8-18(9-11-19)22(24)25)7-12-20(21)27-15-16-5-3-2-4-6-16/h2-7,12-13,18-19,23H,8-11,14-15H2,1H3,(H,24,25). The molecule has 0 saturated heterocycles. The van der Waals surface area contributed by atoms with E-state index in [4.69, 9.17) is 14.6 Å². The predicted molar refractivity (Wildman–Crippen MR) is 104 cm³/mol. The normalized spacial score (nSPS) is 19.4. The smallest absolute Gasteiger partial charge is 0.306 e. The fraction of sp³-hybridized carbons (Fsp3) is 0.409. The molecule has 0 bridgehead atoms. The number of ether oxygens (including phenoxy) is 2. The number of nitrogens with one attached hydrogen (secondary N) is 1. The van der Waals surface area contributed by atoms with Crippen LogP contribution in [0.2, 0.25) is 0 Å². The quantitative estimate of drug-likeness (QED) is 0.736. The molecule has 2 aromatic rings. The van der Waals surface area contributed by atoms with E-state index >= 15 is 0 Å². The molecule has 0 aromatic heterocycles. The molecule has 5 nitrogen and oxygen atoms in total. The van der Waals surface area contributed by atoms with Crippen LogP contribution in [0.15, 0.2) is 48.5 Å². The highest BCUT2D eigenvalue weighted by Crippen LogP contribution is 2.29. The molecule has 2 aromatic carbocycles. The van der Waals surface area contributed by atoms with Gasteiger partial charge in [0.1, 0.15) is 6.61 Å². The summed E-state index contributed by atoms with van der Waals surface area (Å²) in [6.07, 6.45) is 3.32. The van der Waals surface area contributed by atoms with Crippen LogP contribution in [-0.2, 0) is 17.9 Å². The summed E-state index contributed by atoms with van der Waals surface area (Å²) in [6.45, 7) is 1.24. The zero-order valence-electron chi connectivity index (χ0n) is 15.7. The summed E-state index contributed by atoms with van der Waals surface area (Å²) in [5, 5.41) is 12.6. The lowest BCUT2D eigenvalue weighted by atomic mass is 9.86. The van der Waals surface area contributed by atoms with Gasteiger partial charge >= 0.3 is 5.97 Å². The van der Waals surface area contributed by atoms with Gasteiger partial charge in [-0.2, -0.15) is 0 Å². The van der Waals surface area contributed by atoms with Crippen molar-refractivity contribution in [3.8, 4) is 11.5 Å². The van der Waals surface area contributed by atoms with E-state index in [0.717, 1.165) is 54.9 Å². The third-order valence-corrected chi connectivity index (χ3v) is 5.14. The molecule has 0 unspecified atom stereocenters. The third-order valence-electron chi connectivity index (χ3n) is 5.14. The molecular formula is C22H27NO4. The van der Waals surface area contributed by atoms with Crippen molar-refractivity contribution in [2.24, 2.45) is 5.92 Å². The van der Waals surface area contributed by atoms with Gasteiger partial charge in [0.05, 0.1) is 13.0 Å². The summed E-state index contributed by atoms with van der Waals surface area (Å²) in [7, 11) is 1.65. The van der Waals surface area contributed by atoms with Crippen molar-refractivity contribution in [2.45, 2.75) is 44.9 Å². The molecule has 3 rings (SSSR count). The first-order chi connectivity index (χ1) is 13.2. The Balaban J connectivity index is 1.52. The van der Waals surface area contributed by atoms with Gasteiger partial charge in [-0.05, 0) is 48.9 Å². The van der Waals surface area contributed by atoms with Gasteiger partial charge in [-0.25, -0.2) is 0 Å². The Kier molecular flexibility index (Phi) is 6.71. The number of carboxylic acid groups (broad SMARTS) is 1. The van der Waals surface area contributed by atoms with E-state index in [1.54, 1.807) is 7.11 Å². The number of hydrogen-bond acceptors (Lipinski definition) is 4. The van der Waals surface area contributed by atoms with Crippen LogP contribution in [0.5, 0.6) is 11.5 Å². The lowest BCUT2D eigenvalue weighted by molar-refractivity contribution is -0.142. The Hall–Kier alpha value is -2.53. The number of carboxylic acids is 1. The Morgan fingerprint density at radius 3 is 2.44 bits per heavy atom. The summed E-state index contributed by atoms with van der Waals surface area (Å²) in [5.74, 6) is 0.611. The van der Waals surface area contributed by atoms with Gasteiger partial charge in [-0.3, -0.25) is 4.79 Å². The van der Waals surface area contributed by atoms with E-state index in [1.165, 1.54) is 0 Å². The van der Waals surface area contributed by atoms with Crippen LogP contribution in [0, 0.1) is 5.92 Å². The number of hydrogen-bond donors (Lipinski definition) is 2. The number of rotatable bonds is 8. The van der Waals surface area contributed by atoms with Gasteiger partial charge in [-0.15, -0.1) is 0 Å². The van der Waals surface area contributed by atoms with Crippen LogP contribution in [-0.4, -0.2) is 24.2 Å². The van der Waals surface area contributed by atoms with E-state index in [1.807, 2.05) is 48.5 Å². The first-order valence-electron chi connectivity index (χ1n) is 9.45. The zero-order chi connectivity index (χ0) is 19.1. The molecule has 0 heterocycles. The summed E-state index contributed by atoms with van der Waals surface area (Å²) >= 11 is 0. The molecule has 1 aliphatic rings. The van der Waals surface area contributed by atoms with Crippen LogP contribution in [0.25, 0.3) is 0 Å². The van der Waals surface area contributed by atoms with Gasteiger partial charge < -0.3 is 19.9 Å². The number of carbonyl (C=O) groups is 1. The summed E-state index contributed by atoms with van der Waals surface area (Å²) in [4.78, 5) is 11.0. The molecule has 27 heavy (non-hydrogen) atoms. The molecule has 0 amide bonds. The second kappa shape index (κ2) is 9.42. The second-order valence-electron chi connectivity index (χ2n) is 7.03. The van der Waals surface area contributed by atoms with Crippen molar-refractivity contribution < 1.29 is 19.4 Å². The summed E-state index contributed by atoms with van der Waals surface area (Å²) in [6, 6.07) is 16.4.